The van der Waals surface area contributed by atoms with E-state index in [-0.39, 0.29) is 5.41 Å². The van der Waals surface area contributed by atoms with Gasteiger partial charge in [-0.05, 0) is 67.1 Å². The number of carbonyl (C=O) groups is 1. The largest absolute Gasteiger partial charge is 0.299 e. The number of Topliss-reactive ketones (excluding diaryl/α,β-unsaturated/α-hetero) is 1. The number of hydrogen-bond donors (Lipinski definition) is 0. The van der Waals surface area contributed by atoms with Gasteiger partial charge in [0.1, 0.15) is 5.78 Å². The Morgan fingerprint density at radius 3 is 2.65 bits per heavy atom. The van der Waals surface area contributed by atoms with Crippen molar-refractivity contribution in [2.24, 2.45) is 11.3 Å². The van der Waals surface area contributed by atoms with Gasteiger partial charge < -0.3 is 0 Å². The molecule has 5 rings (SSSR count). The fraction of sp³-hybridized carbons (Fsp3) is 0.591. The van der Waals surface area contributed by atoms with E-state index in [4.69, 9.17) is 0 Å². The van der Waals surface area contributed by atoms with Crippen LogP contribution in [0, 0.1) is 11.3 Å². The highest BCUT2D eigenvalue weighted by Crippen LogP contribution is 2.57. The van der Waals surface area contributed by atoms with Crippen molar-refractivity contribution >= 4 is 5.78 Å². The molecule has 1 aromatic carbocycles. The van der Waals surface area contributed by atoms with Gasteiger partial charge in [0.15, 0.2) is 0 Å². The van der Waals surface area contributed by atoms with Crippen molar-refractivity contribution in [3.8, 4) is 0 Å². The molecule has 4 aliphatic rings. The number of carbonyl (C=O) groups excluding carboxylic acids is 1. The Hall–Kier alpha value is -1.37. The van der Waals surface area contributed by atoms with Crippen LogP contribution in [0.4, 0.5) is 0 Å². The van der Waals surface area contributed by atoms with E-state index in [9.17, 15) is 4.79 Å². The van der Waals surface area contributed by atoms with Crippen molar-refractivity contribution in [2.45, 2.75) is 70.1 Å². The van der Waals surface area contributed by atoms with Gasteiger partial charge in [0.25, 0.3) is 0 Å². The maximum absolute atomic E-state index is 13.0. The first-order valence-corrected chi connectivity index (χ1v) is 9.58. The molecule has 0 aliphatic heterocycles. The van der Waals surface area contributed by atoms with Gasteiger partial charge in [-0.15, -0.1) is 0 Å². The second-order valence-electron chi connectivity index (χ2n) is 8.43. The summed E-state index contributed by atoms with van der Waals surface area (Å²) in [4.78, 5) is 13.0. The van der Waals surface area contributed by atoms with Gasteiger partial charge in [0.05, 0.1) is 0 Å². The van der Waals surface area contributed by atoms with Crippen molar-refractivity contribution < 1.29 is 4.79 Å². The van der Waals surface area contributed by atoms with Crippen molar-refractivity contribution in [2.75, 3.05) is 0 Å². The maximum Gasteiger partial charge on any atom is 0.144 e. The molecule has 1 heteroatoms. The minimum Gasteiger partial charge on any atom is -0.299 e. The average molecular weight is 306 g/mol. The van der Waals surface area contributed by atoms with E-state index in [1.165, 1.54) is 44.1 Å². The van der Waals surface area contributed by atoms with Crippen molar-refractivity contribution in [1.82, 2.24) is 0 Å². The molecule has 1 nitrogen and oxygen atoms in total. The summed E-state index contributed by atoms with van der Waals surface area (Å²) < 4.78 is 0. The summed E-state index contributed by atoms with van der Waals surface area (Å²) in [6.07, 6.45) is 14.4. The van der Waals surface area contributed by atoms with Crippen LogP contribution in [-0.2, 0) is 17.6 Å². The summed E-state index contributed by atoms with van der Waals surface area (Å²) in [6.45, 7) is 0. The van der Waals surface area contributed by atoms with Gasteiger partial charge in [-0.3, -0.25) is 4.79 Å². The lowest BCUT2D eigenvalue weighted by molar-refractivity contribution is -0.131. The van der Waals surface area contributed by atoms with Crippen LogP contribution in [0.15, 0.2) is 29.8 Å². The molecule has 4 aliphatic carbocycles. The lowest BCUT2D eigenvalue weighted by Crippen LogP contribution is -2.42. The van der Waals surface area contributed by atoms with Crippen LogP contribution in [-0.4, -0.2) is 5.78 Å². The number of hydrogen-bond acceptors (Lipinski definition) is 1. The van der Waals surface area contributed by atoms with Crippen LogP contribution < -0.4 is 0 Å². The third-order valence-electron chi connectivity index (χ3n) is 7.28. The number of fused-ring (bicyclic) bond motifs is 4. The highest BCUT2D eigenvalue weighted by molar-refractivity contribution is 5.91. The summed E-state index contributed by atoms with van der Waals surface area (Å²) in [6, 6.07) is 6.81. The first-order valence-electron chi connectivity index (χ1n) is 9.58. The SMILES string of the molecule is O=C1Cc2cccc(C3CCCCC3)c2CC12CC1=CCC2C1. The minimum atomic E-state index is -0.0259. The molecule has 23 heavy (non-hydrogen) atoms. The normalized spacial score (nSPS) is 33.1. The van der Waals surface area contributed by atoms with Crippen LogP contribution in [0.5, 0.6) is 0 Å². The average Bonchev–Trinajstić information content (AvgIpc) is 3.18. The molecule has 2 unspecified atom stereocenters. The van der Waals surface area contributed by atoms with E-state index >= 15 is 0 Å². The molecule has 1 spiro atoms. The Bertz CT molecular complexity index is 692. The Labute approximate surface area is 139 Å². The molecule has 0 aromatic heterocycles. The lowest BCUT2D eigenvalue weighted by atomic mass is 9.62. The standard InChI is InChI=1S/C22H26O/c23-21-12-17-7-4-8-19(16-5-2-1-3-6-16)20(17)14-22(21)13-15-9-10-18(22)11-15/h4,7-9,16,18H,1-3,5-6,10-14H2. The smallest absolute Gasteiger partial charge is 0.144 e. The molecule has 2 saturated carbocycles. The van der Waals surface area contributed by atoms with E-state index in [2.05, 4.69) is 24.3 Å². The molecule has 2 atom stereocenters. The molecular formula is C22H26O. The first kappa shape index (κ1) is 14.0. The molecule has 0 radical (unpaired) electrons. The molecule has 2 bridgehead atoms. The topological polar surface area (TPSA) is 17.1 Å². The summed E-state index contributed by atoms with van der Waals surface area (Å²) in [7, 11) is 0. The molecular weight excluding hydrogens is 280 g/mol. The van der Waals surface area contributed by atoms with Crippen LogP contribution in [0.1, 0.15) is 74.0 Å². The highest BCUT2D eigenvalue weighted by Gasteiger charge is 2.53. The summed E-state index contributed by atoms with van der Waals surface area (Å²) in [5, 5.41) is 0. The number of benzene rings is 1. The second-order valence-corrected chi connectivity index (χ2v) is 8.43. The summed E-state index contributed by atoms with van der Waals surface area (Å²) >= 11 is 0. The zero-order valence-electron chi connectivity index (χ0n) is 13.9. The van der Waals surface area contributed by atoms with Crippen LogP contribution in [0.25, 0.3) is 0 Å². The van der Waals surface area contributed by atoms with Gasteiger partial charge >= 0.3 is 0 Å². The van der Waals surface area contributed by atoms with Gasteiger partial charge in [-0.1, -0.05) is 49.1 Å². The van der Waals surface area contributed by atoms with E-state index < -0.39 is 0 Å². The number of rotatable bonds is 1. The van der Waals surface area contributed by atoms with E-state index in [1.807, 2.05) is 0 Å². The van der Waals surface area contributed by atoms with Gasteiger partial charge in [-0.2, -0.15) is 0 Å². The monoisotopic (exact) mass is 306 g/mol. The van der Waals surface area contributed by atoms with Gasteiger partial charge in [0.2, 0.25) is 0 Å². The van der Waals surface area contributed by atoms with E-state index in [0.29, 0.717) is 18.1 Å². The van der Waals surface area contributed by atoms with Crippen LogP contribution in [0.2, 0.25) is 0 Å². The Morgan fingerprint density at radius 2 is 1.91 bits per heavy atom. The minimum absolute atomic E-state index is 0.0259. The Morgan fingerprint density at radius 1 is 1.04 bits per heavy atom. The zero-order chi connectivity index (χ0) is 15.4. The first-order chi connectivity index (χ1) is 11.3. The molecule has 0 N–H and O–H groups in total. The third-order valence-corrected chi connectivity index (χ3v) is 7.28. The highest BCUT2D eigenvalue weighted by atomic mass is 16.1. The third kappa shape index (κ3) is 2.01. The van der Waals surface area contributed by atoms with Gasteiger partial charge in [0, 0.05) is 11.8 Å². The second kappa shape index (κ2) is 5.06. The van der Waals surface area contributed by atoms with E-state index in [1.54, 1.807) is 16.7 Å². The molecule has 120 valence electrons. The predicted molar refractivity (Wildman–Crippen MR) is 92.5 cm³/mol. The maximum atomic E-state index is 13.0. The van der Waals surface area contributed by atoms with E-state index in [0.717, 1.165) is 25.2 Å². The molecule has 0 heterocycles. The zero-order valence-corrected chi connectivity index (χ0v) is 13.9. The Kier molecular flexibility index (Phi) is 3.08. The lowest BCUT2D eigenvalue weighted by Gasteiger charge is -2.40. The van der Waals surface area contributed by atoms with Crippen molar-refractivity contribution in [3.05, 3.63) is 46.5 Å². The predicted octanol–water partition coefficient (Wildman–Crippen LogP) is 5.13. The summed E-state index contributed by atoms with van der Waals surface area (Å²) in [5.74, 6) is 1.90. The van der Waals surface area contributed by atoms with Gasteiger partial charge in [-0.25, -0.2) is 0 Å². The molecule has 0 saturated heterocycles. The van der Waals surface area contributed by atoms with Crippen molar-refractivity contribution in [3.63, 3.8) is 0 Å². The quantitative estimate of drug-likeness (QED) is 0.657. The molecule has 0 amide bonds. The fourth-order valence-electron chi connectivity index (χ4n) is 6.03. The number of allylic oxidation sites excluding steroid dienone is 2. The summed E-state index contributed by atoms with van der Waals surface area (Å²) in [5.41, 5.74) is 6.07. The van der Waals surface area contributed by atoms with Crippen LogP contribution in [0.3, 0.4) is 0 Å². The Balaban J connectivity index is 1.56. The van der Waals surface area contributed by atoms with Crippen LogP contribution >= 0.6 is 0 Å². The fourth-order valence-corrected chi connectivity index (χ4v) is 6.03. The molecule has 1 aromatic rings. The number of ketones is 1. The van der Waals surface area contributed by atoms with Crippen molar-refractivity contribution in [1.29, 1.82) is 0 Å². The molecule has 2 fully saturated rings.